The smallest absolute Gasteiger partial charge is 0.246 e. The summed E-state index contributed by atoms with van der Waals surface area (Å²) in [5.74, 6) is -0.855. The Morgan fingerprint density at radius 2 is 1.87 bits per heavy atom. The predicted molar refractivity (Wildman–Crippen MR) is 87.5 cm³/mol. The Kier molecular flexibility index (Phi) is 8.96. The Balaban J connectivity index is 5.03. The van der Waals surface area contributed by atoms with Gasteiger partial charge < -0.3 is 31.6 Å². The van der Waals surface area contributed by atoms with Crippen LogP contribution in [0.15, 0.2) is 0 Å². The van der Waals surface area contributed by atoms with E-state index in [0.29, 0.717) is 19.3 Å². The molecule has 0 saturated carbocycles. The van der Waals surface area contributed by atoms with Crippen molar-refractivity contribution >= 4 is 18.1 Å². The summed E-state index contributed by atoms with van der Waals surface area (Å²) in [6.07, 6.45) is 1.07. The van der Waals surface area contributed by atoms with E-state index in [0.717, 1.165) is 0 Å². The van der Waals surface area contributed by atoms with Crippen molar-refractivity contribution in [1.29, 1.82) is 0 Å². The molecule has 0 aliphatic heterocycles. The van der Waals surface area contributed by atoms with E-state index in [2.05, 4.69) is 10.6 Å². The van der Waals surface area contributed by atoms with Crippen molar-refractivity contribution in [2.45, 2.75) is 45.7 Å². The summed E-state index contributed by atoms with van der Waals surface area (Å²) in [4.78, 5) is 34.7. The van der Waals surface area contributed by atoms with Gasteiger partial charge in [-0.2, -0.15) is 0 Å². The number of rotatable bonds is 11. The van der Waals surface area contributed by atoms with Gasteiger partial charge in [0.15, 0.2) is 0 Å². The summed E-state index contributed by atoms with van der Waals surface area (Å²) in [7, 11) is 0. The van der Waals surface area contributed by atoms with Gasteiger partial charge in [0.1, 0.15) is 18.9 Å². The van der Waals surface area contributed by atoms with Crippen LogP contribution in [0.1, 0.15) is 34.1 Å². The van der Waals surface area contributed by atoms with Crippen LogP contribution < -0.4 is 22.1 Å². The average Bonchev–Trinajstić information content (AvgIpc) is 2.39. The SMILES string of the molecule is CC(C)(N)CC(C)(C)C(NC(=O)COCCN)C(=O)NCC=O. The molecular weight excluding hydrogens is 300 g/mol. The van der Waals surface area contributed by atoms with Crippen LogP contribution in [0.3, 0.4) is 0 Å². The third-order valence-electron chi connectivity index (χ3n) is 3.12. The molecule has 134 valence electrons. The van der Waals surface area contributed by atoms with Crippen molar-refractivity contribution in [2.24, 2.45) is 16.9 Å². The van der Waals surface area contributed by atoms with Gasteiger partial charge in [0.05, 0.1) is 13.2 Å². The van der Waals surface area contributed by atoms with E-state index in [1.165, 1.54) is 0 Å². The highest BCUT2D eigenvalue weighted by Gasteiger charge is 2.39. The molecule has 0 fully saturated rings. The van der Waals surface area contributed by atoms with Gasteiger partial charge in [-0.25, -0.2) is 0 Å². The summed E-state index contributed by atoms with van der Waals surface area (Å²) < 4.78 is 5.07. The maximum absolute atomic E-state index is 12.3. The summed E-state index contributed by atoms with van der Waals surface area (Å²) in [6.45, 7) is 7.65. The van der Waals surface area contributed by atoms with Gasteiger partial charge in [0.2, 0.25) is 11.8 Å². The molecule has 1 unspecified atom stereocenters. The fraction of sp³-hybridized carbons (Fsp3) is 0.800. The van der Waals surface area contributed by atoms with Crippen molar-refractivity contribution in [1.82, 2.24) is 10.6 Å². The first-order chi connectivity index (χ1) is 10.5. The van der Waals surface area contributed by atoms with Gasteiger partial charge in [-0.15, -0.1) is 0 Å². The van der Waals surface area contributed by atoms with Gasteiger partial charge in [-0.05, 0) is 25.7 Å². The standard InChI is InChI=1S/C15H30N4O4/c1-14(2,10-15(3,4)17)12(13(22)18-6-7-20)19-11(21)9-23-8-5-16/h7,12H,5-6,8-10,16-17H2,1-4H3,(H,18,22)(H,19,21). The largest absolute Gasteiger partial charge is 0.370 e. The molecule has 0 spiro atoms. The number of hydrogen-bond donors (Lipinski definition) is 4. The zero-order chi connectivity index (χ0) is 18.1. The summed E-state index contributed by atoms with van der Waals surface area (Å²) >= 11 is 0. The van der Waals surface area contributed by atoms with Crippen LogP contribution in [-0.4, -0.2) is 56.0 Å². The zero-order valence-corrected chi connectivity index (χ0v) is 14.5. The van der Waals surface area contributed by atoms with Crippen molar-refractivity contribution < 1.29 is 19.1 Å². The lowest BCUT2D eigenvalue weighted by Gasteiger charge is -2.38. The number of nitrogens with one attached hydrogen (secondary N) is 2. The van der Waals surface area contributed by atoms with Crippen LogP contribution in [0, 0.1) is 5.41 Å². The lowest BCUT2D eigenvalue weighted by molar-refractivity contribution is -0.134. The number of carbonyl (C=O) groups is 3. The maximum Gasteiger partial charge on any atom is 0.246 e. The quantitative estimate of drug-likeness (QED) is 0.281. The van der Waals surface area contributed by atoms with E-state index in [9.17, 15) is 14.4 Å². The van der Waals surface area contributed by atoms with Crippen molar-refractivity contribution in [3.05, 3.63) is 0 Å². The first-order valence-corrected chi connectivity index (χ1v) is 7.61. The molecule has 0 aliphatic rings. The molecule has 0 rings (SSSR count). The van der Waals surface area contributed by atoms with Crippen LogP contribution in [-0.2, 0) is 19.1 Å². The van der Waals surface area contributed by atoms with Gasteiger partial charge in [-0.1, -0.05) is 13.8 Å². The number of amides is 2. The molecule has 1 atom stereocenters. The van der Waals surface area contributed by atoms with E-state index >= 15 is 0 Å². The van der Waals surface area contributed by atoms with E-state index in [1.807, 2.05) is 27.7 Å². The average molecular weight is 330 g/mol. The highest BCUT2D eigenvalue weighted by Crippen LogP contribution is 2.30. The minimum Gasteiger partial charge on any atom is -0.370 e. The second-order valence-corrected chi connectivity index (χ2v) is 6.91. The third kappa shape index (κ3) is 9.27. The minimum absolute atomic E-state index is 0.114. The number of hydrogen-bond acceptors (Lipinski definition) is 6. The molecule has 2 amide bonds. The van der Waals surface area contributed by atoms with Crippen LogP contribution in [0.4, 0.5) is 0 Å². The lowest BCUT2D eigenvalue weighted by atomic mass is 9.74. The molecule has 0 aliphatic carbocycles. The molecule has 23 heavy (non-hydrogen) atoms. The van der Waals surface area contributed by atoms with Crippen LogP contribution in [0.5, 0.6) is 0 Å². The van der Waals surface area contributed by atoms with Crippen molar-refractivity contribution in [3.63, 3.8) is 0 Å². The molecule has 8 nitrogen and oxygen atoms in total. The monoisotopic (exact) mass is 330 g/mol. The Bertz CT molecular complexity index is 405. The summed E-state index contributed by atoms with van der Waals surface area (Å²) in [5, 5.41) is 5.13. The molecule has 0 aromatic heterocycles. The highest BCUT2D eigenvalue weighted by atomic mass is 16.5. The zero-order valence-electron chi connectivity index (χ0n) is 14.5. The van der Waals surface area contributed by atoms with Crippen LogP contribution >= 0.6 is 0 Å². The first-order valence-electron chi connectivity index (χ1n) is 7.61. The van der Waals surface area contributed by atoms with Gasteiger partial charge in [0.25, 0.3) is 0 Å². The van der Waals surface area contributed by atoms with E-state index in [-0.39, 0.29) is 19.8 Å². The Morgan fingerprint density at radius 3 is 2.35 bits per heavy atom. The fourth-order valence-electron chi connectivity index (χ4n) is 2.59. The number of ether oxygens (including phenoxy) is 1. The topological polar surface area (TPSA) is 137 Å². The number of nitrogens with two attached hydrogens (primary N) is 2. The first kappa shape index (κ1) is 21.5. The van der Waals surface area contributed by atoms with Gasteiger partial charge in [-0.3, -0.25) is 9.59 Å². The lowest BCUT2D eigenvalue weighted by Crippen LogP contribution is -2.57. The molecule has 0 bridgehead atoms. The van der Waals surface area contributed by atoms with Crippen molar-refractivity contribution in [2.75, 3.05) is 26.3 Å². The second-order valence-electron chi connectivity index (χ2n) is 6.91. The second kappa shape index (κ2) is 9.59. The van der Waals surface area contributed by atoms with Crippen LogP contribution in [0.25, 0.3) is 0 Å². The molecule has 6 N–H and O–H groups in total. The van der Waals surface area contributed by atoms with E-state index in [1.54, 1.807) is 0 Å². The number of carbonyl (C=O) groups excluding carboxylic acids is 3. The maximum atomic E-state index is 12.3. The molecule has 0 aromatic carbocycles. The van der Waals surface area contributed by atoms with Gasteiger partial charge >= 0.3 is 0 Å². The molecule has 0 aromatic rings. The van der Waals surface area contributed by atoms with Crippen molar-refractivity contribution in [3.8, 4) is 0 Å². The predicted octanol–water partition coefficient (Wildman–Crippen LogP) is -1.08. The molecule has 0 radical (unpaired) electrons. The van der Waals surface area contributed by atoms with E-state index < -0.39 is 28.8 Å². The highest BCUT2D eigenvalue weighted by molar-refractivity contribution is 5.89. The Morgan fingerprint density at radius 1 is 1.26 bits per heavy atom. The molecular formula is C15H30N4O4. The minimum atomic E-state index is -0.834. The van der Waals surface area contributed by atoms with Gasteiger partial charge in [0, 0.05) is 12.1 Å². The molecule has 0 saturated heterocycles. The Hall–Kier alpha value is -1.51. The molecule has 8 heteroatoms. The van der Waals surface area contributed by atoms with Crippen LogP contribution in [0.2, 0.25) is 0 Å². The third-order valence-corrected chi connectivity index (χ3v) is 3.12. The summed E-state index contributed by atoms with van der Waals surface area (Å²) in [5.41, 5.74) is 10.2. The fourth-order valence-corrected chi connectivity index (χ4v) is 2.59. The van der Waals surface area contributed by atoms with E-state index in [4.69, 9.17) is 16.2 Å². The summed E-state index contributed by atoms with van der Waals surface area (Å²) in [6, 6.07) is -0.834. The molecule has 0 heterocycles. The normalized spacial score (nSPS) is 13.3. The number of aldehydes is 1. The Labute approximate surface area is 137 Å².